The zero-order chi connectivity index (χ0) is 12.4. The van der Waals surface area contributed by atoms with Gasteiger partial charge in [-0.05, 0) is 31.4 Å². The molecule has 0 spiro atoms. The van der Waals surface area contributed by atoms with Crippen molar-refractivity contribution in [1.82, 2.24) is 5.32 Å². The average Bonchev–Trinajstić information content (AvgIpc) is 2.63. The van der Waals surface area contributed by atoms with Crippen LogP contribution < -0.4 is 11.1 Å². The van der Waals surface area contributed by atoms with E-state index in [2.05, 4.69) is 5.32 Å². The van der Waals surface area contributed by atoms with Gasteiger partial charge < -0.3 is 11.1 Å². The number of nitrogens with one attached hydrogen (secondary N) is 1. The first-order valence-electron chi connectivity index (χ1n) is 5.58. The summed E-state index contributed by atoms with van der Waals surface area (Å²) in [7, 11) is 0. The van der Waals surface area contributed by atoms with Crippen LogP contribution >= 0.6 is 11.6 Å². The molecule has 3 nitrogen and oxygen atoms in total. The van der Waals surface area contributed by atoms with E-state index in [0.29, 0.717) is 0 Å². The molecule has 5 heteroatoms. The standard InChI is InChI=1S/C12H14ClFN2O/c13-9-2-1-3-10(14)11(9)12(17)16-8-5-4-7(15)6-8/h1-3,7-8H,4-6,15H2,(H,16,17). The molecule has 3 N–H and O–H groups in total. The lowest BCUT2D eigenvalue weighted by Gasteiger charge is -2.13. The van der Waals surface area contributed by atoms with E-state index in [0.717, 1.165) is 19.3 Å². The molecular formula is C12H14ClFN2O. The van der Waals surface area contributed by atoms with E-state index in [4.69, 9.17) is 17.3 Å². The number of hydrogen-bond acceptors (Lipinski definition) is 2. The molecule has 0 aliphatic heterocycles. The molecule has 1 saturated carbocycles. The van der Waals surface area contributed by atoms with Gasteiger partial charge in [0, 0.05) is 12.1 Å². The molecule has 92 valence electrons. The fraction of sp³-hybridized carbons (Fsp3) is 0.417. The highest BCUT2D eigenvalue weighted by Crippen LogP contribution is 2.21. The van der Waals surface area contributed by atoms with Crippen molar-refractivity contribution in [3.05, 3.63) is 34.6 Å². The van der Waals surface area contributed by atoms with Gasteiger partial charge in [0.2, 0.25) is 0 Å². The van der Waals surface area contributed by atoms with Gasteiger partial charge >= 0.3 is 0 Å². The number of amides is 1. The highest BCUT2D eigenvalue weighted by Gasteiger charge is 2.25. The minimum Gasteiger partial charge on any atom is -0.349 e. The molecule has 0 saturated heterocycles. The van der Waals surface area contributed by atoms with E-state index < -0.39 is 11.7 Å². The number of nitrogens with two attached hydrogens (primary N) is 1. The van der Waals surface area contributed by atoms with Crippen LogP contribution in [0, 0.1) is 5.82 Å². The van der Waals surface area contributed by atoms with Gasteiger partial charge in [0.25, 0.3) is 5.91 Å². The van der Waals surface area contributed by atoms with Crippen LogP contribution in [0.1, 0.15) is 29.6 Å². The van der Waals surface area contributed by atoms with Gasteiger partial charge in [0.15, 0.2) is 0 Å². The summed E-state index contributed by atoms with van der Waals surface area (Å²) in [5.74, 6) is -1.07. The number of carbonyl (C=O) groups excluding carboxylic acids is 1. The van der Waals surface area contributed by atoms with Gasteiger partial charge in [-0.2, -0.15) is 0 Å². The summed E-state index contributed by atoms with van der Waals surface area (Å²) in [4.78, 5) is 11.9. The zero-order valence-electron chi connectivity index (χ0n) is 9.25. The summed E-state index contributed by atoms with van der Waals surface area (Å²) in [6, 6.07) is 4.34. The van der Waals surface area contributed by atoms with Crippen LogP contribution in [-0.2, 0) is 0 Å². The van der Waals surface area contributed by atoms with Crippen LogP contribution in [0.15, 0.2) is 18.2 Å². The first-order valence-corrected chi connectivity index (χ1v) is 5.96. The Labute approximate surface area is 104 Å². The van der Waals surface area contributed by atoms with Crippen LogP contribution in [0.4, 0.5) is 4.39 Å². The maximum Gasteiger partial charge on any atom is 0.255 e. The number of benzene rings is 1. The molecule has 1 aromatic carbocycles. The highest BCUT2D eigenvalue weighted by atomic mass is 35.5. The summed E-state index contributed by atoms with van der Waals surface area (Å²) in [6.07, 6.45) is 2.45. The van der Waals surface area contributed by atoms with Crippen molar-refractivity contribution in [1.29, 1.82) is 0 Å². The summed E-state index contributed by atoms with van der Waals surface area (Å²) in [6.45, 7) is 0. The van der Waals surface area contributed by atoms with Crippen LogP contribution in [-0.4, -0.2) is 18.0 Å². The van der Waals surface area contributed by atoms with E-state index in [1.54, 1.807) is 0 Å². The number of carbonyl (C=O) groups is 1. The predicted octanol–water partition coefficient (Wildman–Crippen LogP) is 2.09. The van der Waals surface area contributed by atoms with Crippen LogP contribution in [0.5, 0.6) is 0 Å². The molecule has 2 unspecified atom stereocenters. The molecule has 17 heavy (non-hydrogen) atoms. The molecule has 1 amide bonds. The van der Waals surface area contributed by atoms with E-state index >= 15 is 0 Å². The summed E-state index contributed by atoms with van der Waals surface area (Å²) >= 11 is 5.81. The first-order chi connectivity index (χ1) is 8.08. The molecule has 1 aliphatic carbocycles. The van der Waals surface area contributed by atoms with Gasteiger partial charge in [-0.3, -0.25) is 4.79 Å². The van der Waals surface area contributed by atoms with E-state index in [1.807, 2.05) is 0 Å². The van der Waals surface area contributed by atoms with Gasteiger partial charge in [0.05, 0.1) is 10.6 Å². The molecule has 2 atom stereocenters. The van der Waals surface area contributed by atoms with E-state index in [9.17, 15) is 9.18 Å². The fourth-order valence-corrected chi connectivity index (χ4v) is 2.37. The number of rotatable bonds is 2. The summed E-state index contributed by atoms with van der Waals surface area (Å²) in [5, 5.41) is 2.89. The van der Waals surface area contributed by atoms with Crippen LogP contribution in [0.2, 0.25) is 5.02 Å². The second kappa shape index (κ2) is 5.02. The lowest BCUT2D eigenvalue weighted by molar-refractivity contribution is 0.0934. The smallest absolute Gasteiger partial charge is 0.255 e. The Morgan fingerprint density at radius 2 is 2.24 bits per heavy atom. The van der Waals surface area contributed by atoms with Crippen molar-refractivity contribution in [2.45, 2.75) is 31.3 Å². The largest absolute Gasteiger partial charge is 0.349 e. The van der Waals surface area contributed by atoms with Crippen molar-refractivity contribution in [3.63, 3.8) is 0 Å². The molecule has 2 rings (SSSR count). The fourth-order valence-electron chi connectivity index (χ4n) is 2.12. The third-order valence-electron chi connectivity index (χ3n) is 3.00. The second-order valence-electron chi connectivity index (χ2n) is 4.34. The Kier molecular flexibility index (Phi) is 3.64. The van der Waals surface area contributed by atoms with Crippen molar-refractivity contribution in [3.8, 4) is 0 Å². The topological polar surface area (TPSA) is 55.1 Å². The third kappa shape index (κ3) is 2.76. The summed E-state index contributed by atoms with van der Waals surface area (Å²) < 4.78 is 13.5. The van der Waals surface area contributed by atoms with E-state index in [1.165, 1.54) is 18.2 Å². The minimum atomic E-state index is -0.600. The number of halogens is 2. The molecule has 1 aromatic rings. The lowest BCUT2D eigenvalue weighted by Crippen LogP contribution is -2.34. The van der Waals surface area contributed by atoms with Gasteiger partial charge in [-0.1, -0.05) is 17.7 Å². The molecular weight excluding hydrogens is 243 g/mol. The monoisotopic (exact) mass is 256 g/mol. The van der Waals surface area contributed by atoms with Crippen LogP contribution in [0.25, 0.3) is 0 Å². The highest BCUT2D eigenvalue weighted by molar-refractivity contribution is 6.33. The summed E-state index contributed by atoms with van der Waals surface area (Å²) in [5.41, 5.74) is 5.66. The second-order valence-corrected chi connectivity index (χ2v) is 4.75. The first kappa shape index (κ1) is 12.3. The van der Waals surface area contributed by atoms with Gasteiger partial charge in [-0.15, -0.1) is 0 Å². The van der Waals surface area contributed by atoms with Crippen molar-refractivity contribution < 1.29 is 9.18 Å². The molecule has 0 bridgehead atoms. The minimum absolute atomic E-state index is 0.0215. The quantitative estimate of drug-likeness (QED) is 0.851. The normalized spacial score (nSPS) is 23.7. The van der Waals surface area contributed by atoms with Crippen molar-refractivity contribution >= 4 is 17.5 Å². The number of hydrogen-bond donors (Lipinski definition) is 2. The molecule has 0 aromatic heterocycles. The van der Waals surface area contributed by atoms with Gasteiger partial charge in [0.1, 0.15) is 5.82 Å². The van der Waals surface area contributed by atoms with Crippen molar-refractivity contribution in [2.24, 2.45) is 5.73 Å². The molecule has 1 aliphatic rings. The van der Waals surface area contributed by atoms with Crippen LogP contribution in [0.3, 0.4) is 0 Å². The SMILES string of the molecule is NC1CCC(NC(=O)c2c(F)cccc2Cl)C1. The predicted molar refractivity (Wildman–Crippen MR) is 64.5 cm³/mol. The maximum absolute atomic E-state index is 13.5. The Balaban J connectivity index is 2.10. The Hall–Kier alpha value is -1.13. The Morgan fingerprint density at radius 3 is 2.82 bits per heavy atom. The average molecular weight is 257 g/mol. The maximum atomic E-state index is 13.5. The molecule has 1 fully saturated rings. The Morgan fingerprint density at radius 1 is 1.47 bits per heavy atom. The lowest BCUT2D eigenvalue weighted by atomic mass is 10.1. The third-order valence-corrected chi connectivity index (χ3v) is 3.31. The molecule has 0 heterocycles. The zero-order valence-corrected chi connectivity index (χ0v) is 10.0. The van der Waals surface area contributed by atoms with Gasteiger partial charge in [-0.25, -0.2) is 4.39 Å². The van der Waals surface area contributed by atoms with Crippen molar-refractivity contribution in [2.75, 3.05) is 0 Å². The van der Waals surface area contributed by atoms with E-state index in [-0.39, 0.29) is 22.7 Å². The Bertz CT molecular complexity index is 418. The molecule has 0 radical (unpaired) electrons.